The van der Waals surface area contributed by atoms with E-state index in [4.69, 9.17) is 4.74 Å². The van der Waals surface area contributed by atoms with Gasteiger partial charge >= 0.3 is 18.4 Å². The molecule has 0 saturated carbocycles. The van der Waals surface area contributed by atoms with Gasteiger partial charge in [0.1, 0.15) is 5.60 Å². The molecule has 238 valence electrons. The van der Waals surface area contributed by atoms with Crippen LogP contribution in [-0.4, -0.2) is 43.8 Å². The van der Waals surface area contributed by atoms with Gasteiger partial charge in [-0.05, 0) is 69.4 Å². The second-order valence-electron chi connectivity index (χ2n) is 11.8. The summed E-state index contributed by atoms with van der Waals surface area (Å²) >= 11 is 0. The molecule has 0 bridgehead atoms. The van der Waals surface area contributed by atoms with E-state index < -0.39 is 59.8 Å². The summed E-state index contributed by atoms with van der Waals surface area (Å²) < 4.78 is 87.9. The van der Waals surface area contributed by atoms with E-state index >= 15 is 0 Å². The number of piperidine rings is 1. The van der Waals surface area contributed by atoms with E-state index in [1.54, 1.807) is 30.6 Å². The minimum Gasteiger partial charge on any atom is -0.505 e. The Kier molecular flexibility index (Phi) is 9.36. The van der Waals surface area contributed by atoms with E-state index in [1.807, 2.05) is 37.3 Å². The number of alkyl halides is 6. The second-order valence-corrected chi connectivity index (χ2v) is 11.8. The highest BCUT2D eigenvalue weighted by Gasteiger charge is 2.43. The third-order valence-corrected chi connectivity index (χ3v) is 7.35. The summed E-state index contributed by atoms with van der Waals surface area (Å²) in [4.78, 5) is 25.1. The first-order valence-electron chi connectivity index (χ1n) is 14.1. The minimum absolute atomic E-state index is 0.00570. The number of amides is 1. The number of likely N-dealkylation sites (tertiary alicyclic amines) is 1. The molecule has 2 heterocycles. The number of hydrogen-bond acceptors (Lipinski definition) is 6. The molecule has 3 atom stereocenters. The minimum atomic E-state index is -5.01. The van der Waals surface area contributed by atoms with Crippen molar-refractivity contribution in [3.8, 4) is 5.75 Å². The molecule has 0 radical (unpaired) electrons. The number of aromatic hydroxyl groups is 1. The number of ether oxygens (including phenoxy) is 1. The molecule has 1 aliphatic heterocycles. The third kappa shape index (κ3) is 7.92. The fraction of sp³-hybridized carbons (Fsp3) is 0.452. The zero-order valence-corrected chi connectivity index (χ0v) is 24.7. The zero-order valence-electron chi connectivity index (χ0n) is 24.7. The number of carbonyl (C=O) groups excluding carboxylic acids is 1. The highest BCUT2D eigenvalue weighted by atomic mass is 19.4. The monoisotopic (exact) mass is 624 g/mol. The van der Waals surface area contributed by atoms with E-state index in [-0.39, 0.29) is 29.7 Å². The number of anilines is 1. The summed E-state index contributed by atoms with van der Waals surface area (Å²) in [5.74, 6) is -0.258. The van der Waals surface area contributed by atoms with Gasteiger partial charge in [-0.2, -0.15) is 26.3 Å². The van der Waals surface area contributed by atoms with Gasteiger partial charge in [0, 0.05) is 18.6 Å². The Morgan fingerprint density at radius 2 is 1.52 bits per heavy atom. The lowest BCUT2D eigenvalue weighted by Crippen LogP contribution is -2.54. The van der Waals surface area contributed by atoms with Crippen molar-refractivity contribution in [3.05, 3.63) is 83.2 Å². The molecule has 1 saturated heterocycles. The smallest absolute Gasteiger partial charge is 0.416 e. The van der Waals surface area contributed by atoms with Crippen LogP contribution in [0.25, 0.3) is 0 Å². The van der Waals surface area contributed by atoms with Crippen LogP contribution in [0.15, 0.2) is 60.9 Å². The first-order valence-corrected chi connectivity index (χ1v) is 14.1. The van der Waals surface area contributed by atoms with Gasteiger partial charge < -0.3 is 14.7 Å². The van der Waals surface area contributed by atoms with Crippen LogP contribution in [0.1, 0.15) is 75.3 Å². The first kappa shape index (κ1) is 32.9. The number of nitrogens with zero attached hydrogens (tertiary/aromatic N) is 4. The fourth-order valence-electron chi connectivity index (χ4n) is 5.46. The molecule has 1 aromatic heterocycles. The van der Waals surface area contributed by atoms with Gasteiger partial charge in [0.05, 0.1) is 29.6 Å². The number of carbonyl (C=O) groups is 1. The SMILES string of the molecule is CC[C@@H]1C[C@H](N(Cc2cc(C(F)(F)F)cc(C(F)(F)F)c2)c2ncc(O)cn2)CC(c2ccccc2)N1C(=O)OC(C)(C)C. The van der Waals surface area contributed by atoms with Gasteiger partial charge in [0.2, 0.25) is 5.95 Å². The highest BCUT2D eigenvalue weighted by Crippen LogP contribution is 2.41. The second kappa shape index (κ2) is 12.5. The Labute approximate surface area is 251 Å². The van der Waals surface area contributed by atoms with E-state index in [2.05, 4.69) is 9.97 Å². The quantitative estimate of drug-likeness (QED) is 0.279. The number of rotatable bonds is 6. The maximum atomic E-state index is 13.7. The van der Waals surface area contributed by atoms with Crippen molar-refractivity contribution in [1.29, 1.82) is 0 Å². The van der Waals surface area contributed by atoms with Gasteiger partial charge in [0.15, 0.2) is 5.75 Å². The molecule has 1 N–H and O–H groups in total. The van der Waals surface area contributed by atoms with Crippen molar-refractivity contribution in [1.82, 2.24) is 14.9 Å². The van der Waals surface area contributed by atoms with E-state index in [1.165, 1.54) is 0 Å². The van der Waals surface area contributed by atoms with E-state index in [9.17, 15) is 36.2 Å². The van der Waals surface area contributed by atoms with Crippen molar-refractivity contribution in [2.45, 2.75) is 89.6 Å². The topological polar surface area (TPSA) is 78.8 Å². The molecular weight excluding hydrogens is 590 g/mol. The Balaban J connectivity index is 1.81. The van der Waals surface area contributed by atoms with Crippen LogP contribution in [-0.2, 0) is 23.6 Å². The lowest BCUT2D eigenvalue weighted by molar-refractivity contribution is -0.143. The largest absolute Gasteiger partial charge is 0.505 e. The van der Waals surface area contributed by atoms with Crippen LogP contribution in [0.2, 0.25) is 0 Å². The van der Waals surface area contributed by atoms with Gasteiger partial charge in [-0.3, -0.25) is 4.90 Å². The van der Waals surface area contributed by atoms with Crippen LogP contribution >= 0.6 is 0 Å². The van der Waals surface area contributed by atoms with Crippen molar-refractivity contribution in [3.63, 3.8) is 0 Å². The number of benzene rings is 2. The van der Waals surface area contributed by atoms with Gasteiger partial charge in [-0.1, -0.05) is 37.3 Å². The molecule has 1 aliphatic rings. The maximum absolute atomic E-state index is 13.7. The van der Waals surface area contributed by atoms with Crippen LogP contribution in [0.3, 0.4) is 0 Å². The van der Waals surface area contributed by atoms with Gasteiger partial charge in [-0.25, -0.2) is 14.8 Å². The molecule has 4 rings (SSSR count). The summed E-state index contributed by atoms with van der Waals surface area (Å²) in [6.07, 6.45) is -7.32. The molecule has 3 aromatic rings. The van der Waals surface area contributed by atoms with E-state index in [0.717, 1.165) is 18.0 Å². The standard InChI is InChI=1S/C31H34F6N4O3/c1-5-23-14-24(15-26(20-9-7-6-8-10-20)41(23)28(43)44-29(2,3)4)40(27-38-16-25(42)17-39-27)18-19-11-21(30(32,33)34)13-22(12-19)31(35,36)37/h6-13,16-17,23-24,26,42H,5,14-15,18H2,1-4H3/t23-,24+,26?/m1/s1. The Hall–Kier alpha value is -4.03. The number of aromatic nitrogens is 2. The maximum Gasteiger partial charge on any atom is 0.416 e. The summed E-state index contributed by atoms with van der Waals surface area (Å²) in [6, 6.07) is 9.13. The predicted octanol–water partition coefficient (Wildman–Crippen LogP) is 8.15. The van der Waals surface area contributed by atoms with Crippen LogP contribution < -0.4 is 4.90 Å². The Morgan fingerprint density at radius 1 is 0.955 bits per heavy atom. The van der Waals surface area contributed by atoms with Crippen molar-refractivity contribution < 1.29 is 41.0 Å². The summed E-state index contributed by atoms with van der Waals surface area (Å²) in [6.45, 7) is 6.75. The number of hydrogen-bond donors (Lipinski definition) is 1. The van der Waals surface area contributed by atoms with Crippen molar-refractivity contribution in [2.75, 3.05) is 4.90 Å². The van der Waals surface area contributed by atoms with Crippen molar-refractivity contribution >= 4 is 12.0 Å². The lowest BCUT2D eigenvalue weighted by atomic mass is 9.85. The summed E-state index contributed by atoms with van der Waals surface area (Å²) in [5.41, 5.74) is -3.10. The predicted molar refractivity (Wildman–Crippen MR) is 151 cm³/mol. The Morgan fingerprint density at radius 3 is 2.02 bits per heavy atom. The lowest BCUT2D eigenvalue weighted by Gasteiger charge is -2.48. The molecule has 13 heteroatoms. The van der Waals surface area contributed by atoms with Crippen LogP contribution in [0.5, 0.6) is 5.75 Å². The van der Waals surface area contributed by atoms with Crippen LogP contribution in [0, 0.1) is 0 Å². The molecule has 44 heavy (non-hydrogen) atoms. The molecule has 0 aliphatic carbocycles. The van der Waals surface area contributed by atoms with E-state index in [0.29, 0.717) is 25.0 Å². The fourth-order valence-corrected chi connectivity index (χ4v) is 5.46. The molecule has 2 aromatic carbocycles. The van der Waals surface area contributed by atoms with Gasteiger partial charge in [-0.15, -0.1) is 0 Å². The highest BCUT2D eigenvalue weighted by molar-refractivity contribution is 5.69. The summed E-state index contributed by atoms with van der Waals surface area (Å²) in [5, 5.41) is 9.80. The molecule has 1 fully saturated rings. The molecular formula is C31H34F6N4O3. The molecule has 0 spiro atoms. The average molecular weight is 625 g/mol. The molecule has 1 unspecified atom stereocenters. The Bertz CT molecular complexity index is 1390. The van der Waals surface area contributed by atoms with Crippen molar-refractivity contribution in [2.24, 2.45) is 0 Å². The third-order valence-electron chi connectivity index (χ3n) is 7.35. The average Bonchev–Trinajstić information content (AvgIpc) is 2.94. The number of halogens is 6. The zero-order chi connectivity index (χ0) is 32.4. The molecule has 7 nitrogen and oxygen atoms in total. The van der Waals surface area contributed by atoms with Crippen LogP contribution in [0.4, 0.5) is 37.1 Å². The molecule has 1 amide bonds. The van der Waals surface area contributed by atoms with Gasteiger partial charge in [0.25, 0.3) is 0 Å². The first-order chi connectivity index (χ1) is 20.5. The summed E-state index contributed by atoms with van der Waals surface area (Å²) in [7, 11) is 0. The normalized spacial score (nSPS) is 19.5.